The zero-order chi connectivity index (χ0) is 47.0. The van der Waals surface area contributed by atoms with Crippen LogP contribution >= 0.6 is 7.82 Å². The lowest BCUT2D eigenvalue weighted by molar-refractivity contribution is -0.142. The van der Waals surface area contributed by atoms with Crippen molar-refractivity contribution in [3.63, 3.8) is 0 Å². The number of amides is 1. The average molecular weight is 884 g/mol. The first-order chi connectivity index (χ1) is 30.9. The van der Waals surface area contributed by atoms with Gasteiger partial charge in [0.15, 0.2) is 5.79 Å². The molecule has 1 fully saturated rings. The third kappa shape index (κ3) is 32.8. The van der Waals surface area contributed by atoms with Crippen molar-refractivity contribution in [1.82, 2.24) is 5.32 Å². The van der Waals surface area contributed by atoms with Crippen molar-refractivity contribution in [3.8, 4) is 142 Å². The molecule has 334 valence electrons. The number of unbranched alkanes of at least 4 members (excludes halogenated alkanes) is 11. The number of carbonyl (C=O) groups is 1. The van der Waals surface area contributed by atoms with Gasteiger partial charge in [0.25, 0.3) is 5.91 Å². The molecular formula is C53H58NO9P. The normalized spacial score (nSPS) is 14.5. The number of rotatable bonds is 24. The number of phosphoric ester groups is 1. The number of phosphoric acid groups is 1. The van der Waals surface area contributed by atoms with E-state index < -0.39 is 50.5 Å². The molecule has 0 bridgehead atoms. The first kappa shape index (κ1) is 56.2. The number of hydrogen-bond donors (Lipinski definition) is 3. The van der Waals surface area contributed by atoms with Crippen LogP contribution in [0.1, 0.15) is 125 Å². The minimum Gasteiger partial charge on any atom is -0.390 e. The zero-order valence-corrected chi connectivity index (χ0v) is 38.8. The van der Waals surface area contributed by atoms with Gasteiger partial charge in [-0.05, 0) is 136 Å². The molecule has 0 spiro atoms. The second kappa shape index (κ2) is 36.6. The third-order valence-corrected chi connectivity index (χ3v) is 9.35. The fourth-order valence-corrected chi connectivity index (χ4v) is 6.34. The number of aliphatic hydroxyl groups excluding tert-OH is 1. The SMILES string of the molecule is CC#CC#CC#CC#CC#CC#CC#CC#CC#CC#CC#CC#CC(=O)N[C@@H](COP(=O)(O)OC[C@H]1COC(C)(C)O1)[C@H](OC(C)C)[C@H](O)CCCCCCCCCCCCCC. The Labute approximate surface area is 383 Å². The van der Waals surface area contributed by atoms with Crippen molar-refractivity contribution in [1.29, 1.82) is 0 Å². The summed E-state index contributed by atoms with van der Waals surface area (Å²) in [4.78, 5) is 23.5. The van der Waals surface area contributed by atoms with Crippen LogP contribution in [0, 0.1) is 142 Å². The molecular weight excluding hydrogens is 826 g/mol. The van der Waals surface area contributed by atoms with Gasteiger partial charge in [0.05, 0.1) is 38.1 Å². The summed E-state index contributed by atoms with van der Waals surface area (Å²) < 4.78 is 40.6. The van der Waals surface area contributed by atoms with Crippen LogP contribution in [0.2, 0.25) is 0 Å². The molecule has 0 aromatic carbocycles. The summed E-state index contributed by atoms with van der Waals surface area (Å²) in [5, 5.41) is 14.0. The average Bonchev–Trinajstić information content (AvgIpc) is 3.62. The topological polar surface area (TPSA) is 133 Å². The lowest BCUT2D eigenvalue weighted by Crippen LogP contribution is -2.52. The molecule has 0 aromatic heterocycles. The standard InChI is InChI=1S/C53H58NO9P/c1-7-9-11-13-15-17-19-21-22-23-24-25-26-27-28-29-30-31-33-35-37-39-41-43-51(56)54-49(46-61-64(57,58)60-45-48-44-59-53(5,6)63-48)52(62-47(3)4)50(55)42-40-38-36-34-32-20-18-16-14-12-10-8-2/h47-50,52,55H,8,10,12,14,16,18,20,32,34,36,38,40,42,44-46H2,1-6H3,(H,54,56)(H,57,58)/t48-,49+,50-,52+/m1/s1. The smallest absolute Gasteiger partial charge is 0.390 e. The van der Waals surface area contributed by atoms with Gasteiger partial charge in [-0.15, -0.1) is 0 Å². The first-order valence-electron chi connectivity index (χ1n) is 21.4. The van der Waals surface area contributed by atoms with Gasteiger partial charge in [-0.3, -0.25) is 13.8 Å². The molecule has 1 aliphatic rings. The minimum absolute atomic E-state index is 0.171. The van der Waals surface area contributed by atoms with E-state index in [1.807, 2.05) is 0 Å². The van der Waals surface area contributed by atoms with Gasteiger partial charge in [-0.25, -0.2) is 4.57 Å². The predicted octanol–water partition coefficient (Wildman–Crippen LogP) is 6.06. The Hall–Kier alpha value is -5.86. The van der Waals surface area contributed by atoms with Crippen molar-refractivity contribution in [2.75, 3.05) is 19.8 Å². The monoisotopic (exact) mass is 883 g/mol. The summed E-state index contributed by atoms with van der Waals surface area (Å²) in [7, 11) is -4.64. The largest absolute Gasteiger partial charge is 0.472 e. The van der Waals surface area contributed by atoms with Crippen molar-refractivity contribution >= 4 is 13.7 Å². The second-order valence-electron chi connectivity index (χ2n) is 14.6. The highest BCUT2D eigenvalue weighted by Gasteiger charge is 2.37. The number of hydrogen-bond acceptors (Lipinski definition) is 8. The predicted molar refractivity (Wildman–Crippen MR) is 249 cm³/mol. The summed E-state index contributed by atoms with van der Waals surface area (Å²) in [6.07, 6.45) is 11.4. The van der Waals surface area contributed by atoms with Crippen molar-refractivity contribution in [3.05, 3.63) is 0 Å². The molecule has 1 unspecified atom stereocenters. The van der Waals surface area contributed by atoms with Gasteiger partial charge in [-0.1, -0.05) is 89.9 Å². The molecule has 3 N–H and O–H groups in total. The van der Waals surface area contributed by atoms with Crippen LogP contribution in [-0.4, -0.2) is 72.0 Å². The highest BCUT2D eigenvalue weighted by Crippen LogP contribution is 2.44. The Morgan fingerprint density at radius 1 is 0.688 bits per heavy atom. The van der Waals surface area contributed by atoms with E-state index in [0.29, 0.717) is 6.42 Å². The fourth-order valence-electron chi connectivity index (χ4n) is 5.56. The molecule has 5 atom stereocenters. The number of carbonyl (C=O) groups excluding carboxylic acids is 1. The van der Waals surface area contributed by atoms with E-state index in [2.05, 4.69) is 154 Å². The molecule has 0 aromatic rings. The summed E-state index contributed by atoms with van der Waals surface area (Å²) in [6.45, 7) is 10.3. The maximum Gasteiger partial charge on any atom is 0.472 e. The van der Waals surface area contributed by atoms with Crippen LogP contribution in [0.15, 0.2) is 0 Å². The van der Waals surface area contributed by atoms with Crippen molar-refractivity contribution in [2.45, 2.75) is 161 Å². The highest BCUT2D eigenvalue weighted by molar-refractivity contribution is 7.47. The molecule has 1 rings (SSSR count). The summed E-state index contributed by atoms with van der Waals surface area (Å²) in [6, 6.07) is -1.09. The number of nitrogens with one attached hydrogen (secondary N) is 1. The molecule has 1 aliphatic heterocycles. The van der Waals surface area contributed by atoms with E-state index in [0.717, 1.165) is 25.7 Å². The summed E-state index contributed by atoms with van der Waals surface area (Å²) in [5.74, 6) is 58.3. The molecule has 1 saturated heterocycles. The van der Waals surface area contributed by atoms with Crippen LogP contribution in [0.3, 0.4) is 0 Å². The third-order valence-electron chi connectivity index (χ3n) is 8.40. The molecule has 11 heteroatoms. The van der Waals surface area contributed by atoms with E-state index in [4.69, 9.17) is 23.3 Å². The lowest BCUT2D eigenvalue weighted by atomic mass is 9.99. The van der Waals surface area contributed by atoms with Gasteiger partial charge in [-0.2, -0.15) is 0 Å². The van der Waals surface area contributed by atoms with Crippen molar-refractivity contribution in [2.24, 2.45) is 0 Å². The lowest BCUT2D eigenvalue weighted by Gasteiger charge is -2.33. The van der Waals surface area contributed by atoms with Crippen LogP contribution in [-0.2, 0) is 32.6 Å². The van der Waals surface area contributed by atoms with Crippen LogP contribution in [0.4, 0.5) is 0 Å². The molecule has 0 aliphatic carbocycles. The fraction of sp³-hybridized carbons (Fsp3) is 0.528. The van der Waals surface area contributed by atoms with Gasteiger partial charge >= 0.3 is 7.82 Å². The molecule has 0 radical (unpaired) electrons. The Morgan fingerprint density at radius 2 is 1.11 bits per heavy atom. The number of ether oxygens (including phenoxy) is 3. The minimum atomic E-state index is -4.64. The van der Waals surface area contributed by atoms with Crippen LogP contribution in [0.5, 0.6) is 0 Å². The maximum atomic E-state index is 13.0. The van der Waals surface area contributed by atoms with E-state index in [1.54, 1.807) is 34.6 Å². The Kier molecular flexibility index (Phi) is 32.1. The Bertz CT molecular complexity index is 2330. The molecule has 0 saturated carbocycles. The van der Waals surface area contributed by atoms with E-state index in [1.165, 1.54) is 51.4 Å². The van der Waals surface area contributed by atoms with Crippen molar-refractivity contribution < 1.29 is 42.6 Å². The first-order valence-corrected chi connectivity index (χ1v) is 22.9. The molecule has 1 amide bonds. The molecule has 1 heterocycles. The van der Waals surface area contributed by atoms with Crippen LogP contribution in [0.25, 0.3) is 0 Å². The second-order valence-corrected chi connectivity index (χ2v) is 16.1. The van der Waals surface area contributed by atoms with E-state index >= 15 is 0 Å². The molecule has 64 heavy (non-hydrogen) atoms. The quantitative estimate of drug-likeness (QED) is 0.0602. The highest BCUT2D eigenvalue weighted by atomic mass is 31.2. The molecule has 10 nitrogen and oxygen atoms in total. The van der Waals surface area contributed by atoms with E-state index in [-0.39, 0.29) is 19.3 Å². The van der Waals surface area contributed by atoms with Crippen LogP contribution < -0.4 is 5.32 Å². The maximum absolute atomic E-state index is 13.0. The van der Waals surface area contributed by atoms with Gasteiger partial charge in [0.2, 0.25) is 0 Å². The Morgan fingerprint density at radius 3 is 1.52 bits per heavy atom. The summed E-state index contributed by atoms with van der Waals surface area (Å²) in [5.41, 5.74) is 0. The van der Waals surface area contributed by atoms with Gasteiger partial charge in [0.1, 0.15) is 12.2 Å². The van der Waals surface area contributed by atoms with Gasteiger partial charge < -0.3 is 29.5 Å². The summed E-state index contributed by atoms with van der Waals surface area (Å²) >= 11 is 0. The number of aliphatic hydroxyl groups is 1. The van der Waals surface area contributed by atoms with Gasteiger partial charge in [0, 0.05) is 41.4 Å². The Balaban J connectivity index is 2.88. The zero-order valence-electron chi connectivity index (χ0n) is 37.9. The van der Waals surface area contributed by atoms with E-state index in [9.17, 15) is 19.4 Å².